The van der Waals surface area contributed by atoms with Gasteiger partial charge in [-0.3, -0.25) is 0 Å². The van der Waals surface area contributed by atoms with Gasteiger partial charge >= 0.3 is 6.03 Å². The second kappa shape index (κ2) is 6.81. The third-order valence-corrected chi connectivity index (χ3v) is 7.26. The highest BCUT2D eigenvalue weighted by molar-refractivity contribution is 8.01. The first kappa shape index (κ1) is 16.0. The van der Waals surface area contributed by atoms with Gasteiger partial charge in [-0.15, -0.1) is 11.8 Å². The molecule has 1 unspecified atom stereocenters. The van der Waals surface area contributed by atoms with Gasteiger partial charge in [-0.05, 0) is 38.0 Å². The minimum absolute atomic E-state index is 0.264. The van der Waals surface area contributed by atoms with Crippen molar-refractivity contribution in [1.82, 2.24) is 9.80 Å². The smallest absolute Gasteiger partial charge is 0.320 e. The van der Waals surface area contributed by atoms with Gasteiger partial charge in [-0.2, -0.15) is 0 Å². The molecule has 0 saturated carbocycles. The summed E-state index contributed by atoms with van der Waals surface area (Å²) in [4.78, 5) is 16.4. The van der Waals surface area contributed by atoms with Crippen LogP contribution in [0.15, 0.2) is 0 Å². The fraction of sp³-hybridized carbons (Fsp3) is 0.941. The number of ether oxygens (including phenoxy) is 2. The van der Waals surface area contributed by atoms with Crippen molar-refractivity contribution in [3.63, 3.8) is 0 Å². The molecule has 0 aromatic carbocycles. The molecule has 0 aromatic rings. The van der Waals surface area contributed by atoms with E-state index in [1.807, 2.05) is 21.6 Å². The van der Waals surface area contributed by atoms with Crippen LogP contribution in [0.25, 0.3) is 0 Å². The van der Waals surface area contributed by atoms with Crippen molar-refractivity contribution >= 4 is 17.8 Å². The summed E-state index contributed by atoms with van der Waals surface area (Å²) in [6.07, 6.45) is 6.12. The molecule has 0 aliphatic carbocycles. The Morgan fingerprint density at radius 3 is 2.65 bits per heavy atom. The summed E-state index contributed by atoms with van der Waals surface area (Å²) in [5.41, 5.74) is 0. The van der Waals surface area contributed by atoms with Gasteiger partial charge in [0, 0.05) is 51.8 Å². The second-order valence-electron chi connectivity index (χ2n) is 7.54. The number of nitrogens with zero attached hydrogens (tertiary/aromatic N) is 2. The molecule has 4 fully saturated rings. The molecular weight excluding hydrogens is 312 g/mol. The molecule has 0 N–H and O–H groups in total. The molecule has 1 atom stereocenters. The highest BCUT2D eigenvalue weighted by Crippen LogP contribution is 2.46. The molecular formula is C17H28N2O3S. The molecule has 23 heavy (non-hydrogen) atoms. The minimum atomic E-state index is 0.264. The van der Waals surface area contributed by atoms with Crippen LogP contribution in [-0.4, -0.2) is 78.4 Å². The quantitative estimate of drug-likeness (QED) is 0.790. The Hall–Kier alpha value is -0.460. The van der Waals surface area contributed by atoms with Crippen LogP contribution in [0.2, 0.25) is 0 Å². The largest absolute Gasteiger partial charge is 0.381 e. The fourth-order valence-corrected chi connectivity index (χ4v) is 5.76. The van der Waals surface area contributed by atoms with Crippen molar-refractivity contribution in [1.29, 1.82) is 0 Å². The van der Waals surface area contributed by atoms with E-state index in [0.29, 0.717) is 12.0 Å². The van der Waals surface area contributed by atoms with Crippen LogP contribution in [0, 0.1) is 5.92 Å². The average Bonchev–Trinajstić information content (AvgIpc) is 3.22. The zero-order valence-corrected chi connectivity index (χ0v) is 14.7. The highest BCUT2D eigenvalue weighted by Gasteiger charge is 2.51. The SMILES string of the molecule is O=C(N1CCCC1)N1CC2(CC(OCC3CCOCC3)CS2)C1. The van der Waals surface area contributed by atoms with E-state index in [0.717, 1.165) is 71.0 Å². The van der Waals surface area contributed by atoms with Crippen molar-refractivity contribution in [3.8, 4) is 0 Å². The average molecular weight is 340 g/mol. The van der Waals surface area contributed by atoms with Gasteiger partial charge in [-0.1, -0.05) is 0 Å². The fourth-order valence-electron chi connectivity index (χ4n) is 4.21. The van der Waals surface area contributed by atoms with Crippen molar-refractivity contribution in [3.05, 3.63) is 0 Å². The normalized spacial score (nSPS) is 30.9. The Labute approximate surface area is 143 Å². The summed E-state index contributed by atoms with van der Waals surface area (Å²) in [7, 11) is 0. The Morgan fingerprint density at radius 2 is 1.91 bits per heavy atom. The lowest BCUT2D eigenvalue weighted by Gasteiger charge is -2.48. The molecule has 4 saturated heterocycles. The summed E-state index contributed by atoms with van der Waals surface area (Å²) < 4.78 is 11.9. The topological polar surface area (TPSA) is 42.0 Å². The van der Waals surface area contributed by atoms with Crippen molar-refractivity contribution in [2.24, 2.45) is 5.92 Å². The third kappa shape index (κ3) is 3.49. The Morgan fingerprint density at radius 1 is 1.17 bits per heavy atom. The lowest BCUT2D eigenvalue weighted by Crippen LogP contribution is -2.63. The predicted octanol–water partition coefficient (Wildman–Crippen LogP) is 2.21. The Kier molecular flexibility index (Phi) is 4.74. The number of carbonyl (C=O) groups is 1. The van der Waals surface area contributed by atoms with E-state index in [2.05, 4.69) is 0 Å². The van der Waals surface area contributed by atoms with Crippen LogP contribution >= 0.6 is 11.8 Å². The summed E-state index contributed by atoms with van der Waals surface area (Å²) in [6.45, 7) is 6.42. The maximum absolute atomic E-state index is 12.4. The monoisotopic (exact) mass is 340 g/mol. The van der Waals surface area contributed by atoms with Gasteiger partial charge in [-0.25, -0.2) is 4.79 Å². The molecule has 6 heteroatoms. The molecule has 2 amide bonds. The van der Waals surface area contributed by atoms with E-state index in [1.165, 1.54) is 12.8 Å². The number of rotatable bonds is 3. The number of thioether (sulfide) groups is 1. The number of carbonyl (C=O) groups excluding carboxylic acids is 1. The molecule has 0 aromatic heterocycles. The number of hydrogen-bond acceptors (Lipinski definition) is 4. The molecule has 4 aliphatic heterocycles. The first-order valence-corrected chi connectivity index (χ1v) is 10.1. The van der Waals surface area contributed by atoms with E-state index in [-0.39, 0.29) is 10.8 Å². The molecule has 130 valence electrons. The minimum Gasteiger partial charge on any atom is -0.381 e. The molecule has 0 bridgehead atoms. The Bertz CT molecular complexity index is 430. The number of hydrogen-bond donors (Lipinski definition) is 0. The van der Waals surface area contributed by atoms with E-state index in [1.54, 1.807) is 0 Å². The first-order valence-electron chi connectivity index (χ1n) is 9.11. The van der Waals surface area contributed by atoms with Gasteiger partial charge in [0.2, 0.25) is 0 Å². The van der Waals surface area contributed by atoms with Crippen LogP contribution in [0.3, 0.4) is 0 Å². The summed E-state index contributed by atoms with van der Waals surface area (Å²) in [6, 6.07) is 0.264. The van der Waals surface area contributed by atoms with Crippen molar-refractivity contribution < 1.29 is 14.3 Å². The second-order valence-corrected chi connectivity index (χ2v) is 9.03. The molecule has 1 spiro atoms. The van der Waals surface area contributed by atoms with Crippen LogP contribution in [-0.2, 0) is 9.47 Å². The summed E-state index contributed by atoms with van der Waals surface area (Å²) >= 11 is 2.03. The van der Waals surface area contributed by atoms with Gasteiger partial charge in [0.05, 0.1) is 10.9 Å². The van der Waals surface area contributed by atoms with E-state index in [4.69, 9.17) is 9.47 Å². The van der Waals surface area contributed by atoms with Gasteiger partial charge in [0.25, 0.3) is 0 Å². The third-order valence-electron chi connectivity index (χ3n) is 5.69. The molecule has 4 heterocycles. The molecule has 4 aliphatic rings. The van der Waals surface area contributed by atoms with Crippen molar-refractivity contribution in [2.45, 2.75) is 43.0 Å². The Balaban J connectivity index is 1.19. The van der Waals surface area contributed by atoms with Crippen LogP contribution in [0.5, 0.6) is 0 Å². The first-order chi connectivity index (χ1) is 11.2. The maximum Gasteiger partial charge on any atom is 0.320 e. The number of likely N-dealkylation sites (tertiary alicyclic amines) is 2. The van der Waals surface area contributed by atoms with E-state index >= 15 is 0 Å². The van der Waals surface area contributed by atoms with Gasteiger partial charge in [0.1, 0.15) is 0 Å². The lowest BCUT2D eigenvalue weighted by atomic mass is 9.93. The van der Waals surface area contributed by atoms with Crippen LogP contribution < -0.4 is 0 Å². The molecule has 4 rings (SSSR count). The lowest BCUT2D eigenvalue weighted by molar-refractivity contribution is -0.0112. The molecule has 0 radical (unpaired) electrons. The zero-order chi connectivity index (χ0) is 15.7. The van der Waals surface area contributed by atoms with Crippen LogP contribution in [0.4, 0.5) is 4.79 Å². The molecule has 5 nitrogen and oxygen atoms in total. The summed E-state index contributed by atoms with van der Waals surface area (Å²) in [5, 5.41) is 0. The number of amides is 2. The van der Waals surface area contributed by atoms with E-state index in [9.17, 15) is 4.79 Å². The number of urea groups is 1. The maximum atomic E-state index is 12.4. The predicted molar refractivity (Wildman–Crippen MR) is 90.9 cm³/mol. The zero-order valence-electron chi connectivity index (χ0n) is 13.9. The van der Waals surface area contributed by atoms with Crippen LogP contribution in [0.1, 0.15) is 32.1 Å². The van der Waals surface area contributed by atoms with Gasteiger partial charge in [0.15, 0.2) is 0 Å². The van der Waals surface area contributed by atoms with Gasteiger partial charge < -0.3 is 19.3 Å². The highest BCUT2D eigenvalue weighted by atomic mass is 32.2. The van der Waals surface area contributed by atoms with Crippen molar-refractivity contribution in [2.75, 3.05) is 51.8 Å². The van der Waals surface area contributed by atoms with E-state index < -0.39 is 0 Å². The standard InChI is InChI=1S/C17H28N2O3S/c20-16(18-5-1-2-6-18)19-12-17(13-19)9-15(11-23-17)22-10-14-3-7-21-8-4-14/h14-15H,1-13H2. The summed E-state index contributed by atoms with van der Waals surface area (Å²) in [5.74, 6) is 1.77.